The molecular formula is C15H16O. The summed E-state index contributed by atoms with van der Waals surface area (Å²) in [6.07, 6.45) is 5.47. The first kappa shape index (κ1) is 9.71. The van der Waals surface area contributed by atoms with E-state index in [1.165, 1.54) is 11.1 Å². The van der Waals surface area contributed by atoms with Crippen molar-refractivity contribution in [1.29, 1.82) is 0 Å². The van der Waals surface area contributed by atoms with Gasteiger partial charge in [0, 0.05) is 11.5 Å². The molecule has 3 rings (SSSR count). The van der Waals surface area contributed by atoms with Gasteiger partial charge in [0.1, 0.15) is 11.5 Å². The molecule has 0 aromatic heterocycles. The van der Waals surface area contributed by atoms with Crippen molar-refractivity contribution in [3.05, 3.63) is 53.3 Å². The van der Waals surface area contributed by atoms with E-state index in [4.69, 9.17) is 4.74 Å². The van der Waals surface area contributed by atoms with Crippen LogP contribution in [0.25, 0.3) is 0 Å². The maximum atomic E-state index is 5.97. The third kappa shape index (κ3) is 1.31. The Morgan fingerprint density at radius 1 is 1.19 bits per heavy atom. The summed E-state index contributed by atoms with van der Waals surface area (Å²) in [5, 5.41) is 0. The minimum Gasteiger partial charge on any atom is -0.457 e. The Kier molecular flexibility index (Phi) is 2.13. The molecule has 0 amide bonds. The number of fused-ring (bicyclic) bond motifs is 1. The Labute approximate surface area is 96.4 Å². The second kappa shape index (κ2) is 3.51. The zero-order valence-corrected chi connectivity index (χ0v) is 9.73. The molecule has 0 spiro atoms. The van der Waals surface area contributed by atoms with Crippen LogP contribution in [0.1, 0.15) is 31.7 Å². The molecule has 1 aliphatic heterocycles. The Morgan fingerprint density at radius 2 is 2.00 bits per heavy atom. The Hall–Kier alpha value is -1.50. The first-order valence-corrected chi connectivity index (χ1v) is 5.94. The van der Waals surface area contributed by atoms with E-state index in [1.807, 2.05) is 6.07 Å². The molecule has 0 fully saturated rings. The van der Waals surface area contributed by atoms with Crippen LogP contribution in [0.2, 0.25) is 0 Å². The van der Waals surface area contributed by atoms with Gasteiger partial charge >= 0.3 is 0 Å². The molecule has 16 heavy (non-hydrogen) atoms. The highest BCUT2D eigenvalue weighted by Gasteiger charge is 2.29. The van der Waals surface area contributed by atoms with Crippen LogP contribution in [0.15, 0.2) is 47.7 Å². The maximum absolute atomic E-state index is 5.97. The molecule has 1 aromatic rings. The van der Waals surface area contributed by atoms with Crippen LogP contribution >= 0.6 is 0 Å². The highest BCUT2D eigenvalue weighted by molar-refractivity contribution is 5.49. The summed E-state index contributed by atoms with van der Waals surface area (Å²) in [5.74, 6) is 3.18. The molecule has 2 unspecified atom stereocenters. The van der Waals surface area contributed by atoms with Crippen LogP contribution in [-0.4, -0.2) is 0 Å². The number of ether oxygens (including phenoxy) is 1. The van der Waals surface area contributed by atoms with Gasteiger partial charge in [0.2, 0.25) is 0 Å². The van der Waals surface area contributed by atoms with Gasteiger partial charge < -0.3 is 4.74 Å². The molecule has 1 heteroatoms. The molecule has 0 bridgehead atoms. The zero-order valence-electron chi connectivity index (χ0n) is 9.73. The van der Waals surface area contributed by atoms with E-state index in [0.717, 1.165) is 17.9 Å². The van der Waals surface area contributed by atoms with Gasteiger partial charge in [0.25, 0.3) is 0 Å². The average molecular weight is 212 g/mol. The minimum atomic E-state index is 0.486. The SMILES string of the molecule is CC1CC=CC2=C1C(C)c1ccccc1O2. The summed E-state index contributed by atoms with van der Waals surface area (Å²) in [6.45, 7) is 4.57. The zero-order chi connectivity index (χ0) is 11.1. The van der Waals surface area contributed by atoms with Crippen molar-refractivity contribution < 1.29 is 4.74 Å². The molecule has 1 aliphatic carbocycles. The minimum absolute atomic E-state index is 0.486. The van der Waals surface area contributed by atoms with E-state index in [9.17, 15) is 0 Å². The number of hydrogen-bond acceptors (Lipinski definition) is 1. The third-order valence-corrected chi connectivity index (χ3v) is 3.65. The summed E-state index contributed by atoms with van der Waals surface area (Å²) in [4.78, 5) is 0. The third-order valence-electron chi connectivity index (χ3n) is 3.65. The van der Waals surface area contributed by atoms with E-state index in [0.29, 0.717) is 11.8 Å². The molecule has 2 atom stereocenters. The van der Waals surface area contributed by atoms with Crippen molar-refractivity contribution >= 4 is 0 Å². The highest BCUT2D eigenvalue weighted by Crippen LogP contribution is 2.44. The molecule has 0 saturated heterocycles. The summed E-state index contributed by atoms with van der Waals surface area (Å²) in [5.41, 5.74) is 2.78. The normalized spacial score (nSPS) is 27.1. The Bertz CT molecular complexity index is 482. The monoisotopic (exact) mass is 212 g/mol. The first-order chi connectivity index (χ1) is 7.77. The van der Waals surface area contributed by atoms with E-state index < -0.39 is 0 Å². The van der Waals surface area contributed by atoms with Crippen molar-refractivity contribution in [2.24, 2.45) is 5.92 Å². The van der Waals surface area contributed by atoms with Crippen LogP contribution in [0, 0.1) is 5.92 Å². The predicted octanol–water partition coefficient (Wildman–Crippen LogP) is 4.03. The summed E-state index contributed by atoms with van der Waals surface area (Å²) in [6, 6.07) is 8.36. The van der Waals surface area contributed by atoms with Gasteiger partial charge in [-0.05, 0) is 30.1 Å². The largest absolute Gasteiger partial charge is 0.457 e. The molecule has 0 radical (unpaired) electrons. The summed E-state index contributed by atoms with van der Waals surface area (Å²) in [7, 11) is 0. The quantitative estimate of drug-likeness (QED) is 0.630. The lowest BCUT2D eigenvalue weighted by Crippen LogP contribution is -2.19. The summed E-state index contributed by atoms with van der Waals surface area (Å²) >= 11 is 0. The second-order valence-corrected chi connectivity index (χ2v) is 4.72. The van der Waals surface area contributed by atoms with Gasteiger partial charge in [-0.2, -0.15) is 0 Å². The van der Waals surface area contributed by atoms with Crippen LogP contribution in [0.5, 0.6) is 5.75 Å². The van der Waals surface area contributed by atoms with Crippen LogP contribution in [0.4, 0.5) is 0 Å². The van der Waals surface area contributed by atoms with E-state index in [-0.39, 0.29) is 0 Å². The van der Waals surface area contributed by atoms with Gasteiger partial charge in [0.15, 0.2) is 0 Å². The van der Waals surface area contributed by atoms with Crippen LogP contribution in [-0.2, 0) is 0 Å². The van der Waals surface area contributed by atoms with Crippen molar-refractivity contribution in [3.8, 4) is 5.75 Å². The van der Waals surface area contributed by atoms with Gasteiger partial charge in [-0.1, -0.05) is 38.1 Å². The molecule has 1 nitrogen and oxygen atoms in total. The fraction of sp³-hybridized carbons (Fsp3) is 0.333. The Morgan fingerprint density at radius 3 is 2.88 bits per heavy atom. The van der Waals surface area contributed by atoms with Crippen molar-refractivity contribution in [2.45, 2.75) is 26.2 Å². The van der Waals surface area contributed by atoms with E-state index in [2.05, 4.69) is 44.2 Å². The number of benzene rings is 1. The van der Waals surface area contributed by atoms with Crippen molar-refractivity contribution in [3.63, 3.8) is 0 Å². The Balaban J connectivity index is 2.12. The fourth-order valence-corrected chi connectivity index (χ4v) is 2.80. The van der Waals surface area contributed by atoms with Gasteiger partial charge in [-0.25, -0.2) is 0 Å². The molecule has 0 N–H and O–H groups in total. The van der Waals surface area contributed by atoms with Gasteiger partial charge in [0.05, 0.1) is 0 Å². The molecular weight excluding hydrogens is 196 g/mol. The van der Waals surface area contributed by atoms with Crippen LogP contribution in [0.3, 0.4) is 0 Å². The highest BCUT2D eigenvalue weighted by atomic mass is 16.5. The lowest BCUT2D eigenvalue weighted by Gasteiger charge is -2.32. The molecule has 2 aliphatic rings. The predicted molar refractivity (Wildman–Crippen MR) is 65.4 cm³/mol. The van der Waals surface area contributed by atoms with E-state index in [1.54, 1.807) is 0 Å². The number of allylic oxidation sites excluding steroid dienone is 3. The van der Waals surface area contributed by atoms with Crippen LogP contribution < -0.4 is 4.74 Å². The maximum Gasteiger partial charge on any atom is 0.131 e. The molecule has 0 saturated carbocycles. The van der Waals surface area contributed by atoms with Crippen molar-refractivity contribution in [2.75, 3.05) is 0 Å². The van der Waals surface area contributed by atoms with Crippen molar-refractivity contribution in [1.82, 2.24) is 0 Å². The molecule has 82 valence electrons. The standard InChI is InChI=1S/C15H16O/c1-10-6-5-9-14-15(10)11(2)12-7-3-4-8-13(12)16-14/h3-5,7-11H,6H2,1-2H3. The van der Waals surface area contributed by atoms with E-state index >= 15 is 0 Å². The topological polar surface area (TPSA) is 9.23 Å². The molecule has 1 heterocycles. The second-order valence-electron chi connectivity index (χ2n) is 4.72. The number of rotatable bonds is 0. The fourth-order valence-electron chi connectivity index (χ4n) is 2.80. The number of para-hydroxylation sites is 1. The average Bonchev–Trinajstić information content (AvgIpc) is 2.29. The lowest BCUT2D eigenvalue weighted by molar-refractivity contribution is 0.386. The number of hydrogen-bond donors (Lipinski definition) is 0. The lowest BCUT2D eigenvalue weighted by atomic mass is 9.79. The molecule has 1 aromatic carbocycles. The summed E-state index contributed by atoms with van der Waals surface area (Å²) < 4.78 is 5.97. The van der Waals surface area contributed by atoms with Gasteiger partial charge in [-0.3, -0.25) is 0 Å². The van der Waals surface area contributed by atoms with Gasteiger partial charge in [-0.15, -0.1) is 0 Å². The smallest absolute Gasteiger partial charge is 0.131 e. The first-order valence-electron chi connectivity index (χ1n) is 5.94.